The number of nitrogens with one attached hydrogen (secondary N) is 2. The van der Waals surface area contributed by atoms with E-state index in [1.807, 2.05) is 78.9 Å². The van der Waals surface area contributed by atoms with Gasteiger partial charge < -0.3 is 10.6 Å². The zero-order valence-electron chi connectivity index (χ0n) is 14.3. The van der Waals surface area contributed by atoms with E-state index in [0.717, 1.165) is 16.8 Å². The van der Waals surface area contributed by atoms with Crippen LogP contribution in [-0.4, -0.2) is 10.9 Å². The standard InChI is InChI=1S/C22H16ClN3O/c23-21-14-19(18-8-4-5-9-20(18)26-21)22(27)25-17-12-10-16(11-13-17)24-15-6-2-1-3-7-15/h1-14,24H,(H,25,27). The Morgan fingerprint density at radius 1 is 0.778 bits per heavy atom. The van der Waals surface area contributed by atoms with Crippen LogP contribution in [0.2, 0.25) is 5.15 Å². The van der Waals surface area contributed by atoms with Gasteiger partial charge in [0.05, 0.1) is 11.1 Å². The number of para-hydroxylation sites is 2. The molecule has 4 rings (SSSR count). The summed E-state index contributed by atoms with van der Waals surface area (Å²) in [6.45, 7) is 0. The van der Waals surface area contributed by atoms with Gasteiger partial charge in [-0.05, 0) is 48.5 Å². The fourth-order valence-corrected chi connectivity index (χ4v) is 3.05. The van der Waals surface area contributed by atoms with E-state index in [-0.39, 0.29) is 5.91 Å². The first-order valence-corrected chi connectivity index (χ1v) is 8.86. The van der Waals surface area contributed by atoms with Crippen molar-refractivity contribution in [2.75, 3.05) is 10.6 Å². The molecule has 0 aliphatic rings. The van der Waals surface area contributed by atoms with Gasteiger partial charge in [0, 0.05) is 22.4 Å². The van der Waals surface area contributed by atoms with E-state index < -0.39 is 0 Å². The SMILES string of the molecule is O=C(Nc1ccc(Nc2ccccc2)cc1)c1cc(Cl)nc2ccccc12. The topological polar surface area (TPSA) is 54.0 Å². The zero-order valence-corrected chi connectivity index (χ0v) is 15.1. The highest BCUT2D eigenvalue weighted by atomic mass is 35.5. The van der Waals surface area contributed by atoms with Gasteiger partial charge >= 0.3 is 0 Å². The van der Waals surface area contributed by atoms with Gasteiger partial charge in [0.25, 0.3) is 5.91 Å². The first-order chi connectivity index (χ1) is 13.2. The van der Waals surface area contributed by atoms with Crippen molar-refractivity contribution in [1.82, 2.24) is 4.98 Å². The highest BCUT2D eigenvalue weighted by molar-refractivity contribution is 6.30. The summed E-state index contributed by atoms with van der Waals surface area (Å²) in [4.78, 5) is 17.0. The lowest BCUT2D eigenvalue weighted by Gasteiger charge is -2.10. The molecular weight excluding hydrogens is 358 g/mol. The molecule has 1 aromatic heterocycles. The number of nitrogens with zero attached hydrogens (tertiary/aromatic N) is 1. The Labute approximate surface area is 161 Å². The third kappa shape index (κ3) is 3.91. The van der Waals surface area contributed by atoms with E-state index in [2.05, 4.69) is 15.6 Å². The van der Waals surface area contributed by atoms with Crippen LogP contribution in [0.1, 0.15) is 10.4 Å². The van der Waals surface area contributed by atoms with Crippen LogP contribution in [0.3, 0.4) is 0 Å². The van der Waals surface area contributed by atoms with Gasteiger partial charge in [-0.2, -0.15) is 0 Å². The molecule has 0 atom stereocenters. The van der Waals surface area contributed by atoms with E-state index in [1.54, 1.807) is 6.07 Å². The summed E-state index contributed by atoms with van der Waals surface area (Å²) in [7, 11) is 0. The summed E-state index contributed by atoms with van der Waals surface area (Å²) in [5, 5.41) is 7.28. The fourth-order valence-electron chi connectivity index (χ4n) is 2.85. The van der Waals surface area contributed by atoms with E-state index in [1.165, 1.54) is 0 Å². The van der Waals surface area contributed by atoms with Crippen LogP contribution in [0, 0.1) is 0 Å². The summed E-state index contributed by atoms with van der Waals surface area (Å²) < 4.78 is 0. The summed E-state index contributed by atoms with van der Waals surface area (Å²) in [5.74, 6) is -0.223. The largest absolute Gasteiger partial charge is 0.356 e. The maximum Gasteiger partial charge on any atom is 0.256 e. The molecule has 1 heterocycles. The molecule has 1 amide bonds. The molecule has 0 saturated heterocycles. The summed E-state index contributed by atoms with van der Waals surface area (Å²) >= 11 is 6.07. The number of hydrogen-bond donors (Lipinski definition) is 2. The second kappa shape index (κ2) is 7.48. The highest BCUT2D eigenvalue weighted by Gasteiger charge is 2.12. The van der Waals surface area contributed by atoms with Crippen LogP contribution in [0.5, 0.6) is 0 Å². The number of pyridine rings is 1. The molecular formula is C22H16ClN3O. The molecule has 4 nitrogen and oxygen atoms in total. The first kappa shape index (κ1) is 17.1. The van der Waals surface area contributed by atoms with E-state index in [9.17, 15) is 4.79 Å². The van der Waals surface area contributed by atoms with Gasteiger partial charge in [-0.1, -0.05) is 48.0 Å². The molecule has 0 bridgehead atoms. The quantitative estimate of drug-likeness (QED) is 0.439. The number of fused-ring (bicyclic) bond motifs is 1. The lowest BCUT2D eigenvalue weighted by Crippen LogP contribution is -2.12. The molecule has 4 aromatic rings. The number of amides is 1. The van der Waals surface area contributed by atoms with Crippen LogP contribution in [0.15, 0.2) is 84.9 Å². The average molecular weight is 374 g/mol. The Morgan fingerprint density at radius 2 is 1.41 bits per heavy atom. The van der Waals surface area contributed by atoms with Crippen LogP contribution >= 0.6 is 11.6 Å². The highest BCUT2D eigenvalue weighted by Crippen LogP contribution is 2.23. The van der Waals surface area contributed by atoms with Crippen molar-refractivity contribution >= 4 is 45.5 Å². The fraction of sp³-hybridized carbons (Fsp3) is 0. The molecule has 2 N–H and O–H groups in total. The second-order valence-electron chi connectivity index (χ2n) is 6.03. The van der Waals surface area contributed by atoms with Crippen LogP contribution in [-0.2, 0) is 0 Å². The van der Waals surface area contributed by atoms with Gasteiger partial charge in [0.15, 0.2) is 0 Å². The number of benzene rings is 3. The van der Waals surface area contributed by atoms with Gasteiger partial charge in [-0.25, -0.2) is 4.98 Å². The monoisotopic (exact) mass is 373 g/mol. The van der Waals surface area contributed by atoms with E-state index in [4.69, 9.17) is 11.6 Å². The molecule has 132 valence electrons. The molecule has 0 aliphatic heterocycles. The maximum atomic E-state index is 12.7. The summed E-state index contributed by atoms with van der Waals surface area (Å²) in [6.07, 6.45) is 0. The van der Waals surface area contributed by atoms with Crippen molar-refractivity contribution in [3.05, 3.63) is 95.6 Å². The molecule has 0 unspecified atom stereocenters. The lowest BCUT2D eigenvalue weighted by molar-refractivity contribution is 0.102. The maximum absolute atomic E-state index is 12.7. The normalized spacial score (nSPS) is 10.6. The Hall–Kier alpha value is -3.37. The first-order valence-electron chi connectivity index (χ1n) is 8.48. The van der Waals surface area contributed by atoms with E-state index in [0.29, 0.717) is 21.9 Å². The number of anilines is 3. The molecule has 0 spiro atoms. The molecule has 0 aliphatic carbocycles. The van der Waals surface area contributed by atoms with E-state index >= 15 is 0 Å². The number of hydrogen-bond acceptors (Lipinski definition) is 3. The van der Waals surface area contributed by atoms with Gasteiger partial charge in [-0.15, -0.1) is 0 Å². The van der Waals surface area contributed by atoms with Gasteiger partial charge in [0.2, 0.25) is 0 Å². The van der Waals surface area contributed by atoms with Crippen LogP contribution < -0.4 is 10.6 Å². The Morgan fingerprint density at radius 3 is 2.19 bits per heavy atom. The van der Waals surface area contributed by atoms with Gasteiger partial charge in [-0.3, -0.25) is 4.79 Å². The zero-order chi connectivity index (χ0) is 18.6. The minimum atomic E-state index is -0.223. The molecule has 0 fully saturated rings. The van der Waals surface area contributed by atoms with Crippen molar-refractivity contribution in [3.63, 3.8) is 0 Å². The molecule has 0 saturated carbocycles. The summed E-state index contributed by atoms with van der Waals surface area (Å²) in [5.41, 5.74) is 3.84. The number of carbonyl (C=O) groups is 1. The van der Waals surface area contributed by atoms with Crippen molar-refractivity contribution in [2.24, 2.45) is 0 Å². The number of carbonyl (C=O) groups excluding carboxylic acids is 1. The molecule has 0 radical (unpaired) electrons. The third-order valence-electron chi connectivity index (χ3n) is 4.13. The van der Waals surface area contributed by atoms with Crippen molar-refractivity contribution < 1.29 is 4.79 Å². The number of halogens is 1. The predicted octanol–water partition coefficient (Wildman–Crippen LogP) is 5.88. The Bertz CT molecular complexity index is 1100. The minimum absolute atomic E-state index is 0.223. The van der Waals surface area contributed by atoms with Crippen LogP contribution in [0.4, 0.5) is 17.1 Å². The lowest BCUT2D eigenvalue weighted by atomic mass is 10.1. The average Bonchev–Trinajstić information content (AvgIpc) is 2.69. The number of aromatic nitrogens is 1. The summed E-state index contributed by atoms with van der Waals surface area (Å²) in [6, 6.07) is 26.5. The molecule has 5 heteroatoms. The Kier molecular flexibility index (Phi) is 4.73. The molecule has 27 heavy (non-hydrogen) atoms. The van der Waals surface area contributed by atoms with Crippen molar-refractivity contribution in [2.45, 2.75) is 0 Å². The smallest absolute Gasteiger partial charge is 0.256 e. The predicted molar refractivity (Wildman–Crippen MR) is 111 cm³/mol. The molecule has 3 aromatic carbocycles. The van der Waals surface area contributed by atoms with Crippen molar-refractivity contribution in [1.29, 1.82) is 0 Å². The minimum Gasteiger partial charge on any atom is -0.356 e. The third-order valence-corrected chi connectivity index (χ3v) is 4.33. The number of rotatable bonds is 4. The van der Waals surface area contributed by atoms with Gasteiger partial charge in [0.1, 0.15) is 5.15 Å². The Balaban J connectivity index is 1.53. The van der Waals surface area contributed by atoms with Crippen molar-refractivity contribution in [3.8, 4) is 0 Å². The van der Waals surface area contributed by atoms with Crippen LogP contribution in [0.25, 0.3) is 10.9 Å². The second-order valence-corrected chi connectivity index (χ2v) is 6.42.